The van der Waals surface area contributed by atoms with Crippen LogP contribution in [0, 0.1) is 0 Å². The molecule has 0 saturated carbocycles. The first kappa shape index (κ1) is 17.7. The summed E-state index contributed by atoms with van der Waals surface area (Å²) in [7, 11) is 1.66. The molecule has 0 spiro atoms. The predicted octanol–water partition coefficient (Wildman–Crippen LogP) is 6.52. The van der Waals surface area contributed by atoms with Crippen LogP contribution in [0.5, 0.6) is 5.75 Å². The largest absolute Gasteiger partial charge is 0.497 e. The van der Waals surface area contributed by atoms with Crippen molar-refractivity contribution in [3.05, 3.63) is 88.9 Å². The van der Waals surface area contributed by atoms with E-state index in [2.05, 4.69) is 0 Å². The number of hydrogen-bond donors (Lipinski definition) is 0. The zero-order chi connectivity index (χ0) is 18.8. The summed E-state index contributed by atoms with van der Waals surface area (Å²) in [5.41, 5.74) is 4.59. The van der Waals surface area contributed by atoms with Gasteiger partial charge < -0.3 is 4.74 Å². The van der Waals surface area contributed by atoms with Crippen molar-refractivity contribution in [1.82, 2.24) is 9.78 Å². The average molecular weight is 395 g/mol. The molecule has 27 heavy (non-hydrogen) atoms. The molecule has 0 aliphatic heterocycles. The molecule has 0 amide bonds. The summed E-state index contributed by atoms with van der Waals surface area (Å²) in [6.45, 7) is 0. The molecule has 0 atom stereocenters. The van der Waals surface area contributed by atoms with E-state index in [1.807, 2.05) is 77.5 Å². The second-order valence-electron chi connectivity index (χ2n) is 6.01. The average Bonchev–Trinajstić information content (AvgIpc) is 3.14. The summed E-state index contributed by atoms with van der Waals surface area (Å²) in [5.74, 6) is 0.811. The van der Waals surface area contributed by atoms with Gasteiger partial charge in [0.2, 0.25) is 0 Å². The summed E-state index contributed by atoms with van der Waals surface area (Å²) in [6, 6.07) is 25.4. The van der Waals surface area contributed by atoms with Crippen molar-refractivity contribution in [3.63, 3.8) is 0 Å². The number of hydrogen-bond acceptors (Lipinski definition) is 2. The third kappa shape index (κ3) is 3.57. The van der Waals surface area contributed by atoms with Gasteiger partial charge in [0.15, 0.2) is 0 Å². The van der Waals surface area contributed by atoms with Crippen LogP contribution in [0.15, 0.2) is 78.9 Å². The van der Waals surface area contributed by atoms with Crippen LogP contribution in [0.2, 0.25) is 10.0 Å². The van der Waals surface area contributed by atoms with Crippen molar-refractivity contribution in [2.45, 2.75) is 0 Å². The van der Waals surface area contributed by atoms with Crippen molar-refractivity contribution in [2.75, 3.05) is 7.11 Å². The van der Waals surface area contributed by atoms with Gasteiger partial charge in [0.1, 0.15) is 5.75 Å². The van der Waals surface area contributed by atoms with E-state index in [0.29, 0.717) is 10.0 Å². The molecule has 0 fully saturated rings. The fourth-order valence-corrected chi connectivity index (χ4v) is 3.45. The number of methoxy groups -OCH3 is 1. The highest BCUT2D eigenvalue weighted by atomic mass is 35.5. The number of aromatic nitrogens is 2. The van der Waals surface area contributed by atoms with E-state index < -0.39 is 0 Å². The number of rotatable bonds is 4. The molecule has 0 unspecified atom stereocenters. The lowest BCUT2D eigenvalue weighted by atomic mass is 10.1. The molecule has 0 bridgehead atoms. The lowest BCUT2D eigenvalue weighted by Crippen LogP contribution is -1.99. The number of halogens is 2. The lowest BCUT2D eigenvalue weighted by Gasteiger charge is -2.08. The summed E-state index contributed by atoms with van der Waals surface area (Å²) < 4.78 is 7.19. The minimum absolute atomic E-state index is 0.571. The van der Waals surface area contributed by atoms with Gasteiger partial charge in [0.05, 0.1) is 29.2 Å². The van der Waals surface area contributed by atoms with Crippen LogP contribution in [-0.2, 0) is 0 Å². The number of nitrogens with zero attached hydrogens (tertiary/aromatic N) is 2. The summed E-state index contributed by atoms with van der Waals surface area (Å²) >= 11 is 12.4. The molecule has 0 saturated heterocycles. The molecule has 0 aliphatic carbocycles. The van der Waals surface area contributed by atoms with Gasteiger partial charge in [-0.3, -0.25) is 0 Å². The van der Waals surface area contributed by atoms with Gasteiger partial charge in [-0.1, -0.05) is 41.4 Å². The molecular formula is C22H16Cl2N2O. The number of ether oxygens (including phenoxy) is 1. The van der Waals surface area contributed by atoms with Crippen LogP contribution < -0.4 is 4.74 Å². The lowest BCUT2D eigenvalue weighted by molar-refractivity contribution is 0.415. The monoisotopic (exact) mass is 394 g/mol. The Morgan fingerprint density at radius 1 is 0.852 bits per heavy atom. The van der Waals surface area contributed by atoms with Gasteiger partial charge in [-0.05, 0) is 60.7 Å². The Bertz CT molecular complexity index is 1070. The quantitative estimate of drug-likeness (QED) is 0.393. The topological polar surface area (TPSA) is 27.1 Å². The number of para-hydroxylation sites is 1. The van der Waals surface area contributed by atoms with E-state index >= 15 is 0 Å². The molecule has 5 heteroatoms. The fraction of sp³-hybridized carbons (Fsp3) is 0.0455. The van der Waals surface area contributed by atoms with Gasteiger partial charge in [-0.2, -0.15) is 5.10 Å². The molecule has 1 heterocycles. The molecule has 1 aromatic heterocycles. The second-order valence-corrected chi connectivity index (χ2v) is 6.86. The molecule has 3 aromatic carbocycles. The van der Waals surface area contributed by atoms with Crippen LogP contribution in [0.4, 0.5) is 0 Å². The Morgan fingerprint density at radius 2 is 1.59 bits per heavy atom. The van der Waals surface area contributed by atoms with Gasteiger partial charge in [0, 0.05) is 16.1 Å². The molecule has 4 aromatic rings. The summed E-state index contributed by atoms with van der Waals surface area (Å²) in [4.78, 5) is 0. The zero-order valence-electron chi connectivity index (χ0n) is 14.6. The van der Waals surface area contributed by atoms with E-state index in [4.69, 9.17) is 33.0 Å². The molecule has 0 radical (unpaired) electrons. The molecule has 3 nitrogen and oxygen atoms in total. The first-order valence-electron chi connectivity index (χ1n) is 8.41. The maximum absolute atomic E-state index is 6.41. The third-order valence-electron chi connectivity index (χ3n) is 4.30. The van der Waals surface area contributed by atoms with Gasteiger partial charge in [-0.15, -0.1) is 0 Å². The maximum atomic E-state index is 6.41. The predicted molar refractivity (Wildman–Crippen MR) is 111 cm³/mol. The van der Waals surface area contributed by atoms with Crippen LogP contribution in [0.1, 0.15) is 0 Å². The number of benzene rings is 3. The third-order valence-corrected chi connectivity index (χ3v) is 4.85. The van der Waals surface area contributed by atoms with Gasteiger partial charge in [-0.25, -0.2) is 4.68 Å². The highest BCUT2D eigenvalue weighted by molar-refractivity contribution is 6.36. The van der Waals surface area contributed by atoms with Gasteiger partial charge in [0.25, 0.3) is 0 Å². The Balaban J connectivity index is 1.89. The zero-order valence-corrected chi connectivity index (χ0v) is 16.1. The first-order valence-corrected chi connectivity index (χ1v) is 9.16. The van der Waals surface area contributed by atoms with E-state index in [9.17, 15) is 0 Å². The van der Waals surface area contributed by atoms with Crippen LogP contribution >= 0.6 is 23.2 Å². The van der Waals surface area contributed by atoms with Crippen molar-refractivity contribution < 1.29 is 4.74 Å². The minimum Gasteiger partial charge on any atom is -0.497 e. The highest BCUT2D eigenvalue weighted by Gasteiger charge is 2.15. The highest BCUT2D eigenvalue weighted by Crippen LogP contribution is 2.34. The Labute approximate surface area is 167 Å². The molecule has 134 valence electrons. The van der Waals surface area contributed by atoms with Crippen molar-refractivity contribution >= 4 is 23.2 Å². The Morgan fingerprint density at radius 3 is 2.26 bits per heavy atom. The maximum Gasteiger partial charge on any atom is 0.118 e. The summed E-state index contributed by atoms with van der Waals surface area (Å²) in [5, 5.41) is 5.99. The van der Waals surface area contributed by atoms with Gasteiger partial charge >= 0.3 is 0 Å². The molecule has 0 N–H and O–H groups in total. The SMILES string of the molecule is COc1ccc(-c2cc(-c3ccc(Cl)cc3Cl)nn2-c2ccccc2)cc1. The van der Waals surface area contributed by atoms with E-state index in [-0.39, 0.29) is 0 Å². The normalized spacial score (nSPS) is 10.8. The smallest absolute Gasteiger partial charge is 0.118 e. The van der Waals surface area contributed by atoms with Crippen LogP contribution in [0.25, 0.3) is 28.2 Å². The van der Waals surface area contributed by atoms with E-state index in [1.54, 1.807) is 13.2 Å². The molecule has 4 rings (SSSR count). The molecule has 0 aliphatic rings. The molecular weight excluding hydrogens is 379 g/mol. The minimum atomic E-state index is 0.571. The Kier molecular flexibility index (Phi) is 4.88. The van der Waals surface area contributed by atoms with Crippen molar-refractivity contribution in [2.24, 2.45) is 0 Å². The Hall–Kier alpha value is -2.75. The van der Waals surface area contributed by atoms with E-state index in [1.165, 1.54) is 0 Å². The second kappa shape index (κ2) is 7.47. The van der Waals surface area contributed by atoms with Crippen LogP contribution in [0.3, 0.4) is 0 Å². The first-order chi connectivity index (χ1) is 13.2. The summed E-state index contributed by atoms with van der Waals surface area (Å²) in [6.07, 6.45) is 0. The van der Waals surface area contributed by atoms with E-state index in [0.717, 1.165) is 34.0 Å². The fourth-order valence-electron chi connectivity index (χ4n) is 2.94. The van der Waals surface area contributed by atoms with Crippen molar-refractivity contribution in [1.29, 1.82) is 0 Å². The standard InChI is InChI=1S/C22H16Cl2N2O/c1-27-18-10-7-15(8-11-18)22-14-21(19-12-9-16(23)13-20(19)24)25-26(22)17-5-3-2-4-6-17/h2-14H,1H3. The van der Waals surface area contributed by atoms with Crippen molar-refractivity contribution in [3.8, 4) is 34.0 Å². The van der Waals surface area contributed by atoms with Crippen LogP contribution in [-0.4, -0.2) is 16.9 Å².